The molecule has 1 aromatic carbocycles. The number of nitrogens with one attached hydrogen (secondary N) is 2. The number of benzene rings is 1. The Hall–Kier alpha value is -1.84. The van der Waals surface area contributed by atoms with Crippen LogP contribution in [0, 0.1) is 20.8 Å². The summed E-state index contributed by atoms with van der Waals surface area (Å²) < 4.78 is 0. The van der Waals surface area contributed by atoms with Gasteiger partial charge in [-0.05, 0) is 49.9 Å². The zero-order valence-corrected chi connectivity index (χ0v) is 11.0. The summed E-state index contributed by atoms with van der Waals surface area (Å²) in [4.78, 5) is 23.1. The highest BCUT2D eigenvalue weighted by atomic mass is 16.2. The lowest BCUT2D eigenvalue weighted by molar-refractivity contribution is -0.122. The molecule has 96 valence electrons. The first-order chi connectivity index (χ1) is 8.47. The topological polar surface area (TPSA) is 58.2 Å². The fourth-order valence-electron chi connectivity index (χ4n) is 2.13. The van der Waals surface area contributed by atoms with Crippen LogP contribution in [0.4, 0.5) is 5.69 Å². The summed E-state index contributed by atoms with van der Waals surface area (Å²) in [6.45, 7) is 6.03. The van der Waals surface area contributed by atoms with Crippen LogP contribution < -0.4 is 10.6 Å². The second-order valence-electron chi connectivity index (χ2n) is 4.90. The van der Waals surface area contributed by atoms with Crippen LogP contribution in [0.15, 0.2) is 12.1 Å². The molecule has 0 radical (unpaired) electrons. The first-order valence-corrected chi connectivity index (χ1v) is 6.15. The van der Waals surface area contributed by atoms with Crippen LogP contribution in [-0.2, 0) is 9.59 Å². The van der Waals surface area contributed by atoms with E-state index in [-0.39, 0.29) is 11.8 Å². The second kappa shape index (κ2) is 4.80. The summed E-state index contributed by atoms with van der Waals surface area (Å²) in [5.74, 6) is -0.181. The lowest BCUT2D eigenvalue weighted by Gasteiger charge is -2.14. The maximum absolute atomic E-state index is 12.0. The van der Waals surface area contributed by atoms with Gasteiger partial charge in [0.1, 0.15) is 6.04 Å². The smallest absolute Gasteiger partial charge is 0.246 e. The number of hydrogen-bond acceptors (Lipinski definition) is 2. The van der Waals surface area contributed by atoms with E-state index in [1.807, 2.05) is 26.8 Å². The van der Waals surface area contributed by atoms with Gasteiger partial charge in [0.15, 0.2) is 0 Å². The van der Waals surface area contributed by atoms with Gasteiger partial charge in [0.05, 0.1) is 0 Å². The van der Waals surface area contributed by atoms with Gasteiger partial charge in [-0.25, -0.2) is 0 Å². The highest BCUT2D eigenvalue weighted by Gasteiger charge is 2.27. The molecule has 2 N–H and O–H groups in total. The maximum Gasteiger partial charge on any atom is 0.246 e. The molecule has 1 aliphatic rings. The third-order valence-corrected chi connectivity index (χ3v) is 3.41. The monoisotopic (exact) mass is 246 g/mol. The standard InChI is InChI=1S/C14H18N2O2/c1-8-6-10(3)12(7-9(8)2)16-14(18)11-4-5-13(17)15-11/h6-7,11H,4-5H2,1-3H3,(H,15,17)(H,16,18). The average Bonchev–Trinajstić information content (AvgIpc) is 2.73. The molecule has 1 unspecified atom stereocenters. The third kappa shape index (κ3) is 2.53. The van der Waals surface area contributed by atoms with Crippen molar-refractivity contribution in [1.29, 1.82) is 0 Å². The van der Waals surface area contributed by atoms with Crippen LogP contribution in [0.5, 0.6) is 0 Å². The molecular weight excluding hydrogens is 228 g/mol. The van der Waals surface area contributed by atoms with Crippen molar-refractivity contribution in [3.63, 3.8) is 0 Å². The van der Waals surface area contributed by atoms with Crippen LogP contribution in [0.25, 0.3) is 0 Å². The largest absolute Gasteiger partial charge is 0.344 e. The van der Waals surface area contributed by atoms with Gasteiger partial charge in [0, 0.05) is 12.1 Å². The maximum atomic E-state index is 12.0. The number of anilines is 1. The Labute approximate surface area is 107 Å². The van der Waals surface area contributed by atoms with E-state index in [1.165, 1.54) is 5.56 Å². The normalized spacial score (nSPS) is 18.6. The molecular formula is C14H18N2O2. The number of rotatable bonds is 2. The molecule has 2 amide bonds. The number of amides is 2. The van der Waals surface area contributed by atoms with Crippen LogP contribution >= 0.6 is 0 Å². The summed E-state index contributed by atoms with van der Waals surface area (Å²) in [5.41, 5.74) is 4.21. The van der Waals surface area contributed by atoms with E-state index in [9.17, 15) is 9.59 Å². The minimum absolute atomic E-state index is 0.0491. The van der Waals surface area contributed by atoms with Crippen LogP contribution in [0.2, 0.25) is 0 Å². The van der Waals surface area contributed by atoms with Gasteiger partial charge in [0.2, 0.25) is 11.8 Å². The van der Waals surface area contributed by atoms with Gasteiger partial charge in [-0.2, -0.15) is 0 Å². The summed E-state index contributed by atoms with van der Waals surface area (Å²) in [7, 11) is 0. The third-order valence-electron chi connectivity index (χ3n) is 3.41. The van der Waals surface area contributed by atoms with Crippen molar-refractivity contribution in [3.8, 4) is 0 Å². The SMILES string of the molecule is Cc1cc(C)c(NC(=O)C2CCC(=O)N2)cc1C. The molecule has 0 saturated carbocycles. The molecule has 4 nitrogen and oxygen atoms in total. The molecule has 1 aromatic rings. The predicted octanol–water partition coefficient (Wildman–Crippen LogP) is 1.83. The van der Waals surface area contributed by atoms with E-state index in [1.54, 1.807) is 0 Å². The zero-order valence-electron chi connectivity index (χ0n) is 11.0. The molecule has 0 bridgehead atoms. The lowest BCUT2D eigenvalue weighted by Crippen LogP contribution is -2.37. The summed E-state index contributed by atoms with van der Waals surface area (Å²) >= 11 is 0. The highest BCUT2D eigenvalue weighted by molar-refractivity contribution is 5.99. The van der Waals surface area contributed by atoms with E-state index >= 15 is 0 Å². The van der Waals surface area contributed by atoms with Crippen molar-refractivity contribution in [2.45, 2.75) is 39.7 Å². The first-order valence-electron chi connectivity index (χ1n) is 6.15. The molecule has 18 heavy (non-hydrogen) atoms. The molecule has 4 heteroatoms. The Balaban J connectivity index is 2.12. The fraction of sp³-hybridized carbons (Fsp3) is 0.429. The summed E-state index contributed by atoms with van der Waals surface area (Å²) in [6, 6.07) is 3.64. The minimum Gasteiger partial charge on any atom is -0.344 e. The second-order valence-corrected chi connectivity index (χ2v) is 4.90. The highest BCUT2D eigenvalue weighted by Crippen LogP contribution is 2.21. The van der Waals surface area contributed by atoms with Crippen LogP contribution in [0.3, 0.4) is 0 Å². The zero-order chi connectivity index (χ0) is 13.3. The number of carbonyl (C=O) groups excluding carboxylic acids is 2. The molecule has 1 fully saturated rings. The van der Waals surface area contributed by atoms with Gasteiger partial charge in [0.25, 0.3) is 0 Å². The van der Waals surface area contributed by atoms with Crippen molar-refractivity contribution in [3.05, 3.63) is 28.8 Å². The van der Waals surface area contributed by atoms with Crippen LogP contribution in [-0.4, -0.2) is 17.9 Å². The van der Waals surface area contributed by atoms with E-state index in [0.29, 0.717) is 12.8 Å². The molecule has 0 aliphatic carbocycles. The van der Waals surface area contributed by atoms with Crippen molar-refractivity contribution in [1.82, 2.24) is 5.32 Å². The Morgan fingerprint density at radius 3 is 2.50 bits per heavy atom. The molecule has 2 rings (SSSR count). The number of hydrogen-bond donors (Lipinski definition) is 2. The van der Waals surface area contributed by atoms with Crippen molar-refractivity contribution in [2.75, 3.05) is 5.32 Å². The van der Waals surface area contributed by atoms with E-state index in [4.69, 9.17) is 0 Å². The Morgan fingerprint density at radius 2 is 1.89 bits per heavy atom. The van der Waals surface area contributed by atoms with Crippen LogP contribution in [0.1, 0.15) is 29.5 Å². The van der Waals surface area contributed by atoms with Crippen molar-refractivity contribution in [2.24, 2.45) is 0 Å². The summed E-state index contributed by atoms with van der Waals surface area (Å²) in [6.07, 6.45) is 1.01. The van der Waals surface area contributed by atoms with Crippen molar-refractivity contribution >= 4 is 17.5 Å². The number of aryl methyl sites for hydroxylation is 3. The van der Waals surface area contributed by atoms with Gasteiger partial charge in [-0.3, -0.25) is 9.59 Å². The van der Waals surface area contributed by atoms with Gasteiger partial charge < -0.3 is 10.6 Å². The molecule has 0 aromatic heterocycles. The predicted molar refractivity (Wildman–Crippen MR) is 70.4 cm³/mol. The van der Waals surface area contributed by atoms with Crippen molar-refractivity contribution < 1.29 is 9.59 Å². The van der Waals surface area contributed by atoms with E-state index in [2.05, 4.69) is 16.7 Å². The quantitative estimate of drug-likeness (QED) is 0.836. The molecule has 1 saturated heterocycles. The Kier molecular flexibility index (Phi) is 3.36. The molecule has 1 aliphatic heterocycles. The van der Waals surface area contributed by atoms with E-state index < -0.39 is 6.04 Å². The lowest BCUT2D eigenvalue weighted by atomic mass is 10.0. The Bertz CT molecular complexity index is 509. The van der Waals surface area contributed by atoms with E-state index in [0.717, 1.165) is 16.8 Å². The minimum atomic E-state index is -0.390. The van der Waals surface area contributed by atoms with Gasteiger partial charge in [-0.1, -0.05) is 6.07 Å². The summed E-state index contributed by atoms with van der Waals surface area (Å²) in [5, 5.41) is 5.56. The number of carbonyl (C=O) groups is 2. The molecule has 1 heterocycles. The first kappa shape index (κ1) is 12.6. The fourth-order valence-corrected chi connectivity index (χ4v) is 2.13. The molecule has 1 atom stereocenters. The average molecular weight is 246 g/mol. The Morgan fingerprint density at radius 1 is 1.22 bits per heavy atom. The molecule has 0 spiro atoms. The van der Waals surface area contributed by atoms with Gasteiger partial charge >= 0.3 is 0 Å². The van der Waals surface area contributed by atoms with Gasteiger partial charge in [-0.15, -0.1) is 0 Å².